The zero-order valence-electron chi connectivity index (χ0n) is 9.77. The van der Waals surface area contributed by atoms with Crippen LogP contribution in [0.4, 0.5) is 11.8 Å². The lowest BCUT2D eigenvalue weighted by Gasteiger charge is -2.18. The van der Waals surface area contributed by atoms with E-state index >= 15 is 0 Å². The average Bonchev–Trinajstić information content (AvgIpc) is 2.27. The number of nitrogens with two attached hydrogens (primary N) is 1. The van der Waals surface area contributed by atoms with E-state index in [1.54, 1.807) is 13.8 Å². The number of hydrogen-bond acceptors (Lipinski definition) is 7. The van der Waals surface area contributed by atoms with Gasteiger partial charge in [-0.3, -0.25) is 0 Å². The van der Waals surface area contributed by atoms with Crippen LogP contribution in [0.15, 0.2) is 0 Å². The number of nitriles is 2. The molecule has 0 bridgehead atoms. The Balaban J connectivity index is 3.19. The molecule has 17 heavy (non-hydrogen) atoms. The van der Waals surface area contributed by atoms with E-state index in [4.69, 9.17) is 21.0 Å². The lowest BCUT2D eigenvalue weighted by Crippen LogP contribution is -2.29. The van der Waals surface area contributed by atoms with E-state index in [9.17, 15) is 0 Å². The third-order valence-electron chi connectivity index (χ3n) is 1.91. The second-order valence-electron chi connectivity index (χ2n) is 3.79. The fourth-order valence-corrected chi connectivity index (χ4v) is 1.07. The summed E-state index contributed by atoms with van der Waals surface area (Å²) in [5, 5.41) is 20.5. The van der Waals surface area contributed by atoms with Crippen LogP contribution in [0.3, 0.4) is 0 Å². The van der Waals surface area contributed by atoms with E-state index in [2.05, 4.69) is 15.3 Å². The van der Waals surface area contributed by atoms with Crippen molar-refractivity contribution in [3.05, 3.63) is 5.56 Å². The fraction of sp³-hybridized carbons (Fsp3) is 0.400. The topological polar surface area (TPSA) is 121 Å². The molecule has 0 fully saturated rings. The summed E-state index contributed by atoms with van der Waals surface area (Å²) in [6.07, 6.45) is 0. The lowest BCUT2D eigenvalue weighted by atomic mass is 10.1. The van der Waals surface area contributed by atoms with Crippen molar-refractivity contribution in [3.8, 4) is 18.0 Å². The highest BCUT2D eigenvalue weighted by molar-refractivity contribution is 5.57. The van der Waals surface area contributed by atoms with Crippen LogP contribution in [0.1, 0.15) is 19.4 Å². The van der Waals surface area contributed by atoms with E-state index in [1.807, 2.05) is 12.1 Å². The Labute approximate surface area is 98.8 Å². The minimum absolute atomic E-state index is 0.00981. The molecule has 3 N–H and O–H groups in total. The van der Waals surface area contributed by atoms with Crippen molar-refractivity contribution in [1.29, 1.82) is 10.5 Å². The van der Waals surface area contributed by atoms with Gasteiger partial charge in [0.25, 0.3) is 0 Å². The maximum atomic E-state index is 8.87. The van der Waals surface area contributed by atoms with Crippen molar-refractivity contribution in [2.45, 2.75) is 19.4 Å². The normalized spacial score (nSPS) is 10.2. The Morgan fingerprint density at radius 2 is 2.00 bits per heavy atom. The molecule has 0 aliphatic rings. The number of ether oxygens (including phenoxy) is 1. The van der Waals surface area contributed by atoms with Crippen molar-refractivity contribution < 1.29 is 4.74 Å². The van der Waals surface area contributed by atoms with Gasteiger partial charge in [0.1, 0.15) is 11.6 Å². The van der Waals surface area contributed by atoms with Crippen molar-refractivity contribution in [2.75, 3.05) is 18.2 Å². The van der Waals surface area contributed by atoms with Crippen molar-refractivity contribution in [1.82, 2.24) is 9.97 Å². The largest absolute Gasteiger partial charge is 0.480 e. The Morgan fingerprint density at radius 1 is 1.35 bits per heavy atom. The summed E-state index contributed by atoms with van der Waals surface area (Å²) in [4.78, 5) is 7.85. The van der Waals surface area contributed by atoms with E-state index in [-0.39, 0.29) is 23.2 Å². The van der Waals surface area contributed by atoms with Crippen molar-refractivity contribution >= 4 is 11.8 Å². The average molecular weight is 232 g/mol. The van der Waals surface area contributed by atoms with Crippen LogP contribution in [-0.4, -0.2) is 22.6 Å². The highest BCUT2D eigenvalue weighted by Crippen LogP contribution is 2.22. The predicted molar refractivity (Wildman–Crippen MR) is 61.0 cm³/mol. The number of hydrogen-bond donors (Lipinski definition) is 2. The first-order valence-corrected chi connectivity index (χ1v) is 4.74. The van der Waals surface area contributed by atoms with E-state index < -0.39 is 5.54 Å². The van der Waals surface area contributed by atoms with Gasteiger partial charge >= 0.3 is 0 Å². The van der Waals surface area contributed by atoms with Gasteiger partial charge in [0.2, 0.25) is 11.8 Å². The smallest absolute Gasteiger partial charge is 0.238 e. The highest BCUT2D eigenvalue weighted by Gasteiger charge is 2.20. The summed E-state index contributed by atoms with van der Waals surface area (Å²) >= 11 is 0. The third-order valence-corrected chi connectivity index (χ3v) is 1.91. The van der Waals surface area contributed by atoms with Gasteiger partial charge < -0.3 is 15.8 Å². The van der Waals surface area contributed by atoms with Gasteiger partial charge in [-0.2, -0.15) is 20.5 Å². The van der Waals surface area contributed by atoms with Gasteiger partial charge in [0.05, 0.1) is 13.2 Å². The molecule has 1 aromatic rings. The van der Waals surface area contributed by atoms with Crippen LogP contribution in [0, 0.1) is 22.7 Å². The van der Waals surface area contributed by atoms with Gasteiger partial charge in [-0.25, -0.2) is 0 Å². The number of nitrogen functional groups attached to an aromatic ring is 1. The molecule has 0 radical (unpaired) electrons. The summed E-state index contributed by atoms with van der Waals surface area (Å²) in [5.74, 6) is 0.233. The number of nitrogens with zero attached hydrogens (tertiary/aromatic N) is 4. The molecule has 0 aliphatic carbocycles. The van der Waals surface area contributed by atoms with Crippen LogP contribution in [0.25, 0.3) is 0 Å². The van der Waals surface area contributed by atoms with Crippen LogP contribution < -0.4 is 15.8 Å². The first kappa shape index (κ1) is 12.5. The second kappa shape index (κ2) is 4.54. The Morgan fingerprint density at radius 3 is 2.47 bits per heavy atom. The number of nitrogens with one attached hydrogen (secondary N) is 1. The van der Waals surface area contributed by atoms with Gasteiger partial charge in [-0.05, 0) is 13.8 Å². The van der Waals surface area contributed by atoms with Crippen molar-refractivity contribution in [2.24, 2.45) is 0 Å². The molecule has 1 rings (SSSR count). The summed E-state index contributed by atoms with van der Waals surface area (Å²) in [6.45, 7) is 3.33. The zero-order valence-corrected chi connectivity index (χ0v) is 9.77. The lowest BCUT2D eigenvalue weighted by molar-refractivity contribution is 0.396. The molecular weight excluding hydrogens is 220 g/mol. The van der Waals surface area contributed by atoms with Crippen LogP contribution in [0.2, 0.25) is 0 Å². The summed E-state index contributed by atoms with van der Waals surface area (Å²) < 4.78 is 4.93. The standard InChI is InChI=1S/C10H12N6O/c1-10(2,5-12)16-9-14-7(13)6(4-11)8(15-9)17-3/h1-3H3,(H3,13,14,15,16). The fourth-order valence-electron chi connectivity index (χ4n) is 1.07. The number of anilines is 2. The van der Waals surface area contributed by atoms with Crippen LogP contribution in [0.5, 0.6) is 5.88 Å². The molecule has 0 amide bonds. The first-order chi connectivity index (χ1) is 7.93. The molecule has 1 heterocycles. The molecular formula is C10H12N6O. The molecule has 0 atom stereocenters. The third kappa shape index (κ3) is 2.73. The quantitative estimate of drug-likeness (QED) is 0.784. The van der Waals surface area contributed by atoms with Crippen LogP contribution >= 0.6 is 0 Å². The van der Waals surface area contributed by atoms with E-state index in [1.165, 1.54) is 7.11 Å². The highest BCUT2D eigenvalue weighted by atomic mass is 16.5. The molecule has 7 nitrogen and oxygen atoms in total. The van der Waals surface area contributed by atoms with Gasteiger partial charge in [-0.1, -0.05) is 0 Å². The predicted octanol–water partition coefficient (Wildman–Crippen LogP) is 0.653. The van der Waals surface area contributed by atoms with Gasteiger partial charge in [0.15, 0.2) is 11.4 Å². The first-order valence-electron chi connectivity index (χ1n) is 4.74. The minimum atomic E-state index is -0.842. The molecule has 0 unspecified atom stereocenters. The Hall–Kier alpha value is -2.54. The summed E-state index contributed by atoms with van der Waals surface area (Å²) in [5.41, 5.74) is 4.83. The molecule has 0 saturated heterocycles. The number of aromatic nitrogens is 2. The monoisotopic (exact) mass is 232 g/mol. The van der Waals surface area contributed by atoms with E-state index in [0.717, 1.165) is 0 Å². The molecule has 0 aromatic carbocycles. The zero-order chi connectivity index (χ0) is 13.1. The second-order valence-corrected chi connectivity index (χ2v) is 3.79. The number of rotatable bonds is 3. The summed E-state index contributed by atoms with van der Waals surface area (Å²) in [7, 11) is 1.38. The molecule has 1 aromatic heterocycles. The molecule has 0 spiro atoms. The SMILES string of the molecule is COc1nc(NC(C)(C)C#N)nc(N)c1C#N. The Bertz CT molecular complexity index is 511. The molecule has 0 saturated carbocycles. The minimum Gasteiger partial charge on any atom is -0.480 e. The van der Waals surface area contributed by atoms with Crippen LogP contribution in [-0.2, 0) is 0 Å². The summed E-state index contributed by atoms with van der Waals surface area (Å²) in [6, 6.07) is 3.89. The molecule has 7 heteroatoms. The van der Waals surface area contributed by atoms with E-state index in [0.29, 0.717) is 0 Å². The Kier molecular flexibility index (Phi) is 3.34. The van der Waals surface area contributed by atoms with Gasteiger partial charge in [0, 0.05) is 0 Å². The van der Waals surface area contributed by atoms with Gasteiger partial charge in [-0.15, -0.1) is 0 Å². The molecule has 88 valence electrons. The number of methoxy groups -OCH3 is 1. The van der Waals surface area contributed by atoms with Crippen molar-refractivity contribution in [3.63, 3.8) is 0 Å². The maximum Gasteiger partial charge on any atom is 0.238 e. The maximum absolute atomic E-state index is 8.87. The molecule has 0 aliphatic heterocycles.